The first-order chi connectivity index (χ1) is 16.9. The highest BCUT2D eigenvalue weighted by atomic mass is 127. The second kappa shape index (κ2) is 14.2. The second-order valence-corrected chi connectivity index (χ2v) is 10.8. The Labute approximate surface area is 222 Å². The van der Waals surface area contributed by atoms with Gasteiger partial charge in [0.05, 0.1) is 16.2 Å². The highest BCUT2D eigenvalue weighted by Crippen LogP contribution is 2.32. The van der Waals surface area contributed by atoms with Gasteiger partial charge in [-0.25, -0.2) is 0 Å². The van der Waals surface area contributed by atoms with E-state index in [9.17, 15) is 14.7 Å². The molecule has 194 valence electrons. The Balaban J connectivity index is 1.90. The number of para-hydroxylation sites is 1. The Morgan fingerprint density at radius 3 is 2.63 bits per heavy atom. The molecule has 1 aromatic rings. The molecule has 35 heavy (non-hydrogen) atoms. The lowest BCUT2D eigenvalue weighted by Gasteiger charge is -2.42. The number of rotatable bonds is 11. The summed E-state index contributed by atoms with van der Waals surface area (Å²) in [5.41, 5.74) is 0.474. The van der Waals surface area contributed by atoms with Crippen LogP contribution in [0.4, 0.5) is 0 Å². The van der Waals surface area contributed by atoms with Crippen molar-refractivity contribution in [1.29, 1.82) is 0 Å². The van der Waals surface area contributed by atoms with Gasteiger partial charge in [0.25, 0.3) is 0 Å². The maximum atomic E-state index is 13.4. The van der Waals surface area contributed by atoms with Gasteiger partial charge < -0.3 is 25.2 Å². The van der Waals surface area contributed by atoms with Crippen LogP contribution in [-0.4, -0.2) is 64.9 Å². The highest BCUT2D eigenvalue weighted by molar-refractivity contribution is 14.1. The molecular weight excluding hydrogens is 559 g/mol. The quantitative estimate of drug-likeness (QED) is 0.337. The molecule has 1 saturated carbocycles. The van der Waals surface area contributed by atoms with Crippen LogP contribution in [0.25, 0.3) is 0 Å². The van der Waals surface area contributed by atoms with E-state index in [1.165, 1.54) is 19.3 Å². The average Bonchev–Trinajstić information content (AvgIpc) is 2.87. The zero-order valence-electron chi connectivity index (χ0n) is 20.6. The van der Waals surface area contributed by atoms with Crippen molar-refractivity contribution in [3.63, 3.8) is 0 Å². The van der Waals surface area contributed by atoms with Crippen molar-refractivity contribution in [3.8, 4) is 5.75 Å². The summed E-state index contributed by atoms with van der Waals surface area (Å²) in [6.45, 7) is 2.65. The molecule has 0 aliphatic heterocycles. The zero-order valence-corrected chi connectivity index (χ0v) is 22.8. The molecule has 0 spiro atoms. The number of halogens is 1. The standard InChI is InChI=1S/C27H39IN2O5/c1-2-3-13-25(32)30(18-19-9-5-4-6-10-19)22-16-20(27(34)29-14-15-31)17-24(26(22)33)35-23-12-8-7-11-21(23)28/h7-8,11-12,17,19,22,24,26,31,33H,2-6,9-10,13-16,18H2,1H3,(H,29,34). The molecule has 2 aliphatic carbocycles. The Kier molecular flexibility index (Phi) is 11.3. The van der Waals surface area contributed by atoms with E-state index in [1.54, 1.807) is 6.08 Å². The van der Waals surface area contributed by atoms with Gasteiger partial charge in [-0.1, -0.05) is 44.7 Å². The van der Waals surface area contributed by atoms with Crippen LogP contribution in [0.3, 0.4) is 0 Å². The number of aliphatic hydroxyl groups excluding tert-OH is 2. The molecule has 3 N–H and O–H groups in total. The summed E-state index contributed by atoms with van der Waals surface area (Å²) in [6.07, 6.45) is 8.09. The molecule has 2 aliphatic rings. The fourth-order valence-electron chi connectivity index (χ4n) is 5.01. The van der Waals surface area contributed by atoms with E-state index in [0.717, 1.165) is 29.3 Å². The summed E-state index contributed by atoms with van der Waals surface area (Å²) in [5, 5.41) is 23.4. The van der Waals surface area contributed by atoms with Crippen LogP contribution < -0.4 is 10.1 Å². The first-order valence-electron chi connectivity index (χ1n) is 12.9. The van der Waals surface area contributed by atoms with E-state index in [2.05, 4.69) is 34.8 Å². The number of carbonyl (C=O) groups is 2. The summed E-state index contributed by atoms with van der Waals surface area (Å²) < 4.78 is 7.11. The Bertz CT molecular complexity index is 871. The molecule has 0 aromatic heterocycles. The lowest BCUT2D eigenvalue weighted by molar-refractivity contribution is -0.140. The van der Waals surface area contributed by atoms with Gasteiger partial charge in [-0.05, 0) is 66.0 Å². The topological polar surface area (TPSA) is 99.1 Å². The van der Waals surface area contributed by atoms with Gasteiger partial charge in [0, 0.05) is 31.5 Å². The van der Waals surface area contributed by atoms with Crippen LogP contribution in [0, 0.1) is 9.49 Å². The van der Waals surface area contributed by atoms with Crippen LogP contribution in [0.15, 0.2) is 35.9 Å². The number of carbonyl (C=O) groups excluding carboxylic acids is 2. The predicted molar refractivity (Wildman–Crippen MR) is 144 cm³/mol. The van der Waals surface area contributed by atoms with Crippen LogP contribution in [0.2, 0.25) is 0 Å². The van der Waals surface area contributed by atoms with Crippen molar-refractivity contribution in [3.05, 3.63) is 39.5 Å². The maximum Gasteiger partial charge on any atom is 0.247 e. The van der Waals surface area contributed by atoms with Crippen LogP contribution in [-0.2, 0) is 9.59 Å². The molecule has 0 radical (unpaired) electrons. The number of benzene rings is 1. The van der Waals surface area contributed by atoms with Crippen molar-refractivity contribution in [2.45, 2.75) is 83.0 Å². The average molecular weight is 599 g/mol. The third-order valence-corrected chi connectivity index (χ3v) is 7.85. The Morgan fingerprint density at radius 2 is 1.94 bits per heavy atom. The summed E-state index contributed by atoms with van der Waals surface area (Å²) in [7, 11) is 0. The maximum absolute atomic E-state index is 13.4. The van der Waals surface area contributed by atoms with Gasteiger partial charge in [0.1, 0.15) is 18.0 Å². The van der Waals surface area contributed by atoms with Crippen molar-refractivity contribution >= 4 is 34.4 Å². The smallest absolute Gasteiger partial charge is 0.247 e. The number of aliphatic hydroxyl groups is 2. The van der Waals surface area contributed by atoms with Crippen molar-refractivity contribution < 1.29 is 24.5 Å². The molecule has 1 aromatic carbocycles. The van der Waals surface area contributed by atoms with Crippen LogP contribution in [0.1, 0.15) is 64.7 Å². The van der Waals surface area contributed by atoms with Crippen LogP contribution >= 0.6 is 22.6 Å². The van der Waals surface area contributed by atoms with Gasteiger partial charge in [0.2, 0.25) is 11.8 Å². The molecule has 3 atom stereocenters. The molecule has 8 heteroatoms. The molecule has 1 fully saturated rings. The fraction of sp³-hybridized carbons (Fsp3) is 0.630. The minimum Gasteiger partial charge on any atom is -0.482 e. The number of unbranched alkanes of at least 4 members (excludes halogenated alkanes) is 1. The number of nitrogens with one attached hydrogen (secondary N) is 1. The van der Waals surface area contributed by atoms with E-state index >= 15 is 0 Å². The van der Waals surface area contributed by atoms with Gasteiger partial charge in [-0.2, -0.15) is 0 Å². The first-order valence-corrected chi connectivity index (χ1v) is 14.0. The number of hydrogen-bond donors (Lipinski definition) is 3. The number of nitrogens with zero attached hydrogens (tertiary/aromatic N) is 1. The molecule has 0 bridgehead atoms. The summed E-state index contributed by atoms with van der Waals surface area (Å²) in [5.74, 6) is 0.770. The molecule has 3 rings (SSSR count). The third-order valence-electron chi connectivity index (χ3n) is 6.96. The van der Waals surface area contributed by atoms with Crippen LogP contribution in [0.5, 0.6) is 5.75 Å². The lowest BCUT2D eigenvalue weighted by Crippen LogP contribution is -2.56. The summed E-state index contributed by atoms with van der Waals surface area (Å²) in [4.78, 5) is 28.1. The SMILES string of the molecule is CCCCC(=O)N(CC1CCCCC1)C1CC(C(=O)NCCO)=CC(Oc2ccccc2I)C1O. The fourth-order valence-corrected chi connectivity index (χ4v) is 5.52. The van der Waals surface area contributed by atoms with Gasteiger partial charge in [-0.3, -0.25) is 9.59 Å². The molecular formula is C27H39IN2O5. The van der Waals surface area contributed by atoms with E-state index < -0.39 is 18.2 Å². The second-order valence-electron chi connectivity index (χ2n) is 9.60. The molecule has 2 amide bonds. The molecule has 0 heterocycles. The van der Waals surface area contributed by atoms with Gasteiger partial charge >= 0.3 is 0 Å². The Morgan fingerprint density at radius 1 is 1.20 bits per heavy atom. The van der Waals surface area contributed by atoms with E-state index in [1.807, 2.05) is 29.2 Å². The third kappa shape index (κ3) is 7.92. The van der Waals surface area contributed by atoms with Gasteiger partial charge in [0.15, 0.2) is 0 Å². The minimum atomic E-state index is -0.963. The lowest BCUT2D eigenvalue weighted by atomic mass is 9.85. The van der Waals surface area contributed by atoms with E-state index in [0.29, 0.717) is 30.2 Å². The normalized spacial score (nSPS) is 22.9. The summed E-state index contributed by atoms with van der Waals surface area (Å²) >= 11 is 2.18. The highest BCUT2D eigenvalue weighted by Gasteiger charge is 2.41. The number of hydrogen-bond acceptors (Lipinski definition) is 5. The Hall–Kier alpha value is -1.65. The number of amides is 2. The monoisotopic (exact) mass is 598 g/mol. The van der Waals surface area contributed by atoms with Crippen molar-refractivity contribution in [1.82, 2.24) is 10.2 Å². The summed E-state index contributed by atoms with van der Waals surface area (Å²) in [6, 6.07) is 6.99. The van der Waals surface area contributed by atoms with E-state index in [4.69, 9.17) is 9.84 Å². The molecule has 7 nitrogen and oxygen atoms in total. The number of ether oxygens (including phenoxy) is 1. The first kappa shape index (κ1) is 27.9. The minimum absolute atomic E-state index is 0.0338. The largest absolute Gasteiger partial charge is 0.482 e. The predicted octanol–water partition coefficient (Wildman–Crippen LogP) is 3.81. The molecule has 3 unspecified atom stereocenters. The van der Waals surface area contributed by atoms with Crippen molar-refractivity contribution in [2.75, 3.05) is 19.7 Å². The van der Waals surface area contributed by atoms with E-state index in [-0.39, 0.29) is 31.4 Å². The van der Waals surface area contributed by atoms with Gasteiger partial charge in [-0.15, -0.1) is 0 Å². The molecule has 0 saturated heterocycles. The van der Waals surface area contributed by atoms with Crippen molar-refractivity contribution in [2.24, 2.45) is 5.92 Å². The zero-order chi connectivity index (χ0) is 25.2.